The van der Waals surface area contributed by atoms with Crippen molar-refractivity contribution in [1.29, 1.82) is 0 Å². The standard InChI is InChI=1S/C19H23NO3.ClH.2H2O/c1-3-10-8-15(22)17-16-11(10)9-13-12-4-5-14(21)18(23-17)19(12,16)6-7-20(13)2;;;/h4-5,8,12-14,18,21-22H,3,6-7,9H2,1-2H3;1H;2*1H2/t12-,13+,14-,18-,19-;;;/m0.../s1. The van der Waals surface area contributed by atoms with Gasteiger partial charge in [-0.3, -0.25) is 0 Å². The summed E-state index contributed by atoms with van der Waals surface area (Å²) in [6.45, 7) is 3.15. The lowest BCUT2D eigenvalue weighted by Crippen LogP contribution is -2.64. The topological polar surface area (TPSA) is 116 Å². The number of halogens is 1. The number of phenols is 1. The van der Waals surface area contributed by atoms with Crippen LogP contribution in [0.5, 0.6) is 11.5 Å². The molecular weight excluding hydrogens is 358 g/mol. The molecule has 0 saturated carbocycles. The van der Waals surface area contributed by atoms with Crippen molar-refractivity contribution in [2.24, 2.45) is 5.92 Å². The Kier molecular flexibility index (Phi) is 5.40. The predicted octanol–water partition coefficient (Wildman–Crippen LogP) is 0.533. The van der Waals surface area contributed by atoms with Gasteiger partial charge in [0.1, 0.15) is 12.2 Å². The number of aliphatic hydroxyl groups excluding tert-OH is 1. The summed E-state index contributed by atoms with van der Waals surface area (Å²) < 4.78 is 6.19. The van der Waals surface area contributed by atoms with Gasteiger partial charge in [0.2, 0.25) is 0 Å². The third kappa shape index (κ3) is 2.20. The molecule has 0 amide bonds. The second-order valence-corrected chi connectivity index (χ2v) is 7.57. The summed E-state index contributed by atoms with van der Waals surface area (Å²) in [7, 11) is 2.21. The average molecular weight is 386 g/mol. The molecule has 5 atom stereocenters. The number of piperidine rings is 1. The molecule has 6 N–H and O–H groups in total. The summed E-state index contributed by atoms with van der Waals surface area (Å²) in [5.74, 6) is 1.24. The molecule has 1 aromatic carbocycles. The first kappa shape index (κ1) is 21.0. The van der Waals surface area contributed by atoms with Crippen LogP contribution in [-0.2, 0) is 18.3 Å². The molecule has 146 valence electrons. The molecule has 2 aliphatic carbocycles. The van der Waals surface area contributed by atoms with E-state index in [0.29, 0.717) is 17.7 Å². The quantitative estimate of drug-likeness (QED) is 0.686. The van der Waals surface area contributed by atoms with Gasteiger partial charge < -0.3 is 30.8 Å². The molecule has 2 heterocycles. The van der Waals surface area contributed by atoms with Crippen LogP contribution in [0.3, 0.4) is 0 Å². The lowest BCUT2D eigenvalue weighted by Gasteiger charge is -2.56. The highest BCUT2D eigenvalue weighted by molar-refractivity contribution is 5.85. The Bertz CT molecular complexity index is 739. The normalized spacial score (nSPS) is 35.3. The first-order valence-corrected chi connectivity index (χ1v) is 8.69. The van der Waals surface area contributed by atoms with Crippen molar-refractivity contribution in [3.8, 4) is 11.5 Å². The third-order valence-electron chi connectivity index (χ3n) is 6.75. The van der Waals surface area contributed by atoms with Crippen molar-refractivity contribution in [1.82, 2.24) is 4.90 Å². The molecule has 0 unspecified atom stereocenters. The molecule has 2 bridgehead atoms. The molecular formula is C19H28ClNO5. The van der Waals surface area contributed by atoms with E-state index in [-0.39, 0.29) is 40.6 Å². The van der Waals surface area contributed by atoms with E-state index in [4.69, 9.17) is 4.74 Å². The van der Waals surface area contributed by atoms with Gasteiger partial charge in [-0.25, -0.2) is 0 Å². The van der Waals surface area contributed by atoms with Crippen molar-refractivity contribution in [3.63, 3.8) is 0 Å². The minimum Gasteiger partial charge on any atom is -0.504 e. The van der Waals surface area contributed by atoms with Crippen LogP contribution >= 0.6 is 12.4 Å². The van der Waals surface area contributed by atoms with Gasteiger partial charge >= 0.3 is 0 Å². The zero-order valence-corrected chi connectivity index (χ0v) is 15.8. The monoisotopic (exact) mass is 385 g/mol. The van der Waals surface area contributed by atoms with Gasteiger partial charge in [-0.15, -0.1) is 12.4 Å². The van der Waals surface area contributed by atoms with Gasteiger partial charge in [0, 0.05) is 22.9 Å². The predicted molar refractivity (Wildman–Crippen MR) is 101 cm³/mol. The van der Waals surface area contributed by atoms with Gasteiger partial charge in [-0.1, -0.05) is 19.1 Å². The van der Waals surface area contributed by atoms with Crippen LogP contribution < -0.4 is 4.74 Å². The number of likely N-dealkylation sites (tertiary alicyclic amines) is 1. The Hall–Kier alpha value is -1.31. The second-order valence-electron chi connectivity index (χ2n) is 7.57. The van der Waals surface area contributed by atoms with Gasteiger partial charge in [0.15, 0.2) is 11.5 Å². The van der Waals surface area contributed by atoms with E-state index in [9.17, 15) is 10.2 Å². The van der Waals surface area contributed by atoms with Crippen molar-refractivity contribution < 1.29 is 25.9 Å². The fourth-order valence-corrected chi connectivity index (χ4v) is 5.71. The summed E-state index contributed by atoms with van der Waals surface area (Å²) in [5, 5.41) is 21.1. The van der Waals surface area contributed by atoms with E-state index in [2.05, 4.69) is 24.9 Å². The Morgan fingerprint density at radius 2 is 2.04 bits per heavy atom. The van der Waals surface area contributed by atoms with Gasteiger partial charge in [0.05, 0.1) is 0 Å². The van der Waals surface area contributed by atoms with Crippen LogP contribution in [0.4, 0.5) is 0 Å². The number of ether oxygens (including phenoxy) is 1. The number of benzene rings is 1. The molecule has 2 aliphatic heterocycles. The van der Waals surface area contributed by atoms with Crippen LogP contribution in [0.1, 0.15) is 30.0 Å². The number of hydrogen-bond acceptors (Lipinski definition) is 4. The maximum Gasteiger partial charge on any atom is 0.165 e. The number of nitrogens with zero attached hydrogens (tertiary/aromatic N) is 1. The fraction of sp³-hybridized carbons (Fsp3) is 0.579. The molecule has 1 spiro atoms. The van der Waals surface area contributed by atoms with E-state index in [1.807, 2.05) is 12.1 Å². The van der Waals surface area contributed by atoms with E-state index in [0.717, 1.165) is 25.8 Å². The Morgan fingerprint density at radius 1 is 1.31 bits per heavy atom. The van der Waals surface area contributed by atoms with Crippen molar-refractivity contribution in [3.05, 3.63) is 34.9 Å². The van der Waals surface area contributed by atoms with Crippen LogP contribution in [0, 0.1) is 5.92 Å². The zero-order chi connectivity index (χ0) is 15.9. The molecule has 26 heavy (non-hydrogen) atoms. The lowest BCUT2D eigenvalue weighted by molar-refractivity contribution is -0.0454. The highest BCUT2D eigenvalue weighted by Gasteiger charge is 2.64. The van der Waals surface area contributed by atoms with Gasteiger partial charge in [0.25, 0.3) is 0 Å². The number of aryl methyl sites for hydroxylation is 1. The largest absolute Gasteiger partial charge is 0.504 e. The maximum atomic E-state index is 10.6. The number of aliphatic hydroxyl groups is 1. The summed E-state index contributed by atoms with van der Waals surface area (Å²) in [6, 6.07) is 2.32. The van der Waals surface area contributed by atoms with Crippen LogP contribution in [0.15, 0.2) is 18.2 Å². The summed E-state index contributed by atoms with van der Waals surface area (Å²) in [5.41, 5.74) is 3.62. The summed E-state index contributed by atoms with van der Waals surface area (Å²) >= 11 is 0. The van der Waals surface area contributed by atoms with Crippen molar-refractivity contribution in [2.45, 2.75) is 49.9 Å². The minimum absolute atomic E-state index is 0. The minimum atomic E-state index is -0.599. The summed E-state index contributed by atoms with van der Waals surface area (Å²) in [4.78, 5) is 2.46. The molecule has 0 aromatic heterocycles. The first-order valence-electron chi connectivity index (χ1n) is 8.69. The fourth-order valence-electron chi connectivity index (χ4n) is 5.71. The lowest BCUT2D eigenvalue weighted by atomic mass is 9.53. The maximum absolute atomic E-state index is 10.6. The summed E-state index contributed by atoms with van der Waals surface area (Å²) in [6.07, 6.45) is 6.14. The average Bonchev–Trinajstić information content (AvgIpc) is 2.89. The Balaban J connectivity index is 0.000000810. The van der Waals surface area contributed by atoms with E-state index in [1.165, 1.54) is 16.7 Å². The molecule has 0 radical (unpaired) electrons. The van der Waals surface area contributed by atoms with Crippen LogP contribution in [0.2, 0.25) is 0 Å². The second kappa shape index (κ2) is 6.69. The molecule has 1 fully saturated rings. The molecule has 1 aromatic rings. The van der Waals surface area contributed by atoms with E-state index in [1.54, 1.807) is 0 Å². The molecule has 5 rings (SSSR count). The molecule has 4 aliphatic rings. The Labute approximate surface area is 159 Å². The third-order valence-corrected chi connectivity index (χ3v) is 6.75. The first-order chi connectivity index (χ1) is 11.1. The molecule has 6 nitrogen and oxygen atoms in total. The molecule has 7 heteroatoms. The van der Waals surface area contributed by atoms with Crippen LogP contribution in [0.25, 0.3) is 0 Å². The number of phenolic OH excluding ortho intramolecular Hbond substituents is 1. The number of rotatable bonds is 1. The zero-order valence-electron chi connectivity index (χ0n) is 15.0. The number of hydrogen-bond donors (Lipinski definition) is 2. The Morgan fingerprint density at radius 3 is 2.73 bits per heavy atom. The van der Waals surface area contributed by atoms with Gasteiger partial charge in [-0.05, 0) is 50.0 Å². The highest BCUT2D eigenvalue weighted by atomic mass is 35.5. The van der Waals surface area contributed by atoms with E-state index >= 15 is 0 Å². The highest BCUT2D eigenvalue weighted by Crippen LogP contribution is 2.62. The van der Waals surface area contributed by atoms with Gasteiger partial charge in [-0.2, -0.15) is 0 Å². The van der Waals surface area contributed by atoms with Crippen molar-refractivity contribution in [2.75, 3.05) is 13.6 Å². The molecule has 1 saturated heterocycles. The smallest absolute Gasteiger partial charge is 0.165 e. The number of likely N-dealkylation sites (N-methyl/N-ethyl adjacent to an activating group) is 1. The van der Waals surface area contributed by atoms with Crippen LogP contribution in [-0.4, -0.2) is 57.9 Å². The van der Waals surface area contributed by atoms with E-state index < -0.39 is 6.10 Å². The number of aromatic hydroxyl groups is 1. The van der Waals surface area contributed by atoms with Crippen molar-refractivity contribution >= 4 is 12.4 Å². The SMILES string of the molecule is CCc1cc(O)c2c3c1C[C@@H]1[C@@H]4C=C[C@H](O)[C@H](O2)[C@]34CCN1C.Cl.O.O.